The van der Waals surface area contributed by atoms with Crippen molar-refractivity contribution in [1.29, 1.82) is 0 Å². The Morgan fingerprint density at radius 3 is 1.95 bits per heavy atom. The number of hydrogen-bond acceptors (Lipinski definition) is 3. The minimum atomic E-state index is -2.53. The van der Waals surface area contributed by atoms with Crippen LogP contribution in [0, 0.1) is 5.92 Å². The Labute approximate surface area is 238 Å². The third kappa shape index (κ3) is 7.85. The fraction of sp³-hybridized carbons (Fsp3) is 0.559. The first-order chi connectivity index (χ1) is 18.4. The normalized spacial score (nSPS) is 20.5. The number of benzene rings is 2. The summed E-state index contributed by atoms with van der Waals surface area (Å²) < 4.78 is 13.0. The number of carbonyl (C=O) groups excluding carboxylic acids is 1. The van der Waals surface area contributed by atoms with Crippen LogP contribution in [-0.2, 0) is 9.16 Å². The zero-order chi connectivity index (χ0) is 28.7. The van der Waals surface area contributed by atoms with E-state index in [4.69, 9.17) is 9.16 Å². The standard InChI is InChI=1S/C34H51NO3Si/c1-9-18-28-25-27(2)26-29(35(28)32(36)38-33(3,4)5)19-16-17-24-37-39(34(6,7)8,30-20-12-10-13-21-30)31-22-14-11-15-23-31/h9-15,20-23,27-29H,1,16-19,24-26H2,2-8H3/t27-,28-,29-/m1/s1. The van der Waals surface area contributed by atoms with Gasteiger partial charge in [-0.1, -0.05) is 94.4 Å². The summed E-state index contributed by atoms with van der Waals surface area (Å²) in [7, 11) is -2.53. The van der Waals surface area contributed by atoms with Gasteiger partial charge in [-0.05, 0) is 80.6 Å². The quantitative estimate of drug-likeness (QED) is 0.173. The van der Waals surface area contributed by atoms with Gasteiger partial charge in [0.05, 0.1) is 0 Å². The molecule has 0 N–H and O–H groups in total. The monoisotopic (exact) mass is 549 g/mol. The highest BCUT2D eigenvalue weighted by Gasteiger charge is 2.50. The molecule has 2 aromatic carbocycles. The van der Waals surface area contributed by atoms with Gasteiger partial charge in [-0.15, -0.1) is 6.58 Å². The Hall–Kier alpha value is -2.37. The van der Waals surface area contributed by atoms with Gasteiger partial charge >= 0.3 is 6.09 Å². The van der Waals surface area contributed by atoms with E-state index in [-0.39, 0.29) is 23.2 Å². The zero-order valence-corrected chi connectivity index (χ0v) is 26.4. The minimum Gasteiger partial charge on any atom is -0.444 e. The van der Waals surface area contributed by atoms with Crippen LogP contribution < -0.4 is 10.4 Å². The predicted octanol–water partition coefficient (Wildman–Crippen LogP) is 7.71. The summed E-state index contributed by atoms with van der Waals surface area (Å²) >= 11 is 0. The molecule has 1 aliphatic rings. The molecule has 0 aromatic heterocycles. The molecule has 214 valence electrons. The molecule has 0 aliphatic carbocycles. The van der Waals surface area contributed by atoms with Gasteiger partial charge in [0.2, 0.25) is 0 Å². The fourth-order valence-electron chi connectivity index (χ4n) is 6.29. The second-order valence-corrected chi connectivity index (χ2v) is 17.6. The van der Waals surface area contributed by atoms with Crippen LogP contribution in [-0.4, -0.2) is 43.6 Å². The summed E-state index contributed by atoms with van der Waals surface area (Å²) in [5, 5.41) is 2.60. The summed E-state index contributed by atoms with van der Waals surface area (Å²) in [6, 6.07) is 22.0. The number of unbranched alkanes of at least 4 members (excludes halogenated alkanes) is 1. The van der Waals surface area contributed by atoms with Crippen LogP contribution in [0.2, 0.25) is 5.04 Å². The number of amides is 1. The molecule has 39 heavy (non-hydrogen) atoms. The van der Waals surface area contributed by atoms with E-state index < -0.39 is 13.9 Å². The van der Waals surface area contributed by atoms with Crippen LogP contribution in [0.4, 0.5) is 4.79 Å². The Morgan fingerprint density at radius 2 is 1.46 bits per heavy atom. The van der Waals surface area contributed by atoms with Gasteiger partial charge < -0.3 is 14.1 Å². The lowest BCUT2D eigenvalue weighted by atomic mass is 9.84. The van der Waals surface area contributed by atoms with E-state index in [1.807, 2.05) is 31.7 Å². The second kappa shape index (κ2) is 13.3. The number of hydrogen-bond donors (Lipinski definition) is 0. The Bertz CT molecular complexity index is 1000. The highest BCUT2D eigenvalue weighted by molar-refractivity contribution is 6.99. The van der Waals surface area contributed by atoms with Crippen LogP contribution >= 0.6 is 0 Å². The van der Waals surface area contributed by atoms with Crippen LogP contribution in [0.3, 0.4) is 0 Å². The molecular weight excluding hydrogens is 498 g/mol. The van der Waals surface area contributed by atoms with E-state index in [1.54, 1.807) is 0 Å². The molecule has 1 amide bonds. The average molecular weight is 550 g/mol. The minimum absolute atomic E-state index is 0.0278. The molecule has 0 spiro atoms. The molecule has 0 bridgehead atoms. The molecule has 2 aromatic rings. The van der Waals surface area contributed by atoms with Crippen molar-refractivity contribution in [3.63, 3.8) is 0 Å². The van der Waals surface area contributed by atoms with Crippen molar-refractivity contribution < 1.29 is 14.0 Å². The molecule has 3 atom stereocenters. The van der Waals surface area contributed by atoms with E-state index in [0.29, 0.717) is 12.5 Å². The third-order valence-corrected chi connectivity index (χ3v) is 12.9. The van der Waals surface area contributed by atoms with Gasteiger partial charge in [-0.25, -0.2) is 4.79 Å². The van der Waals surface area contributed by atoms with Crippen LogP contribution in [0.15, 0.2) is 73.3 Å². The van der Waals surface area contributed by atoms with Crippen molar-refractivity contribution in [3.8, 4) is 0 Å². The van der Waals surface area contributed by atoms with Gasteiger partial charge in [-0.2, -0.15) is 0 Å². The largest absolute Gasteiger partial charge is 0.444 e. The molecule has 0 radical (unpaired) electrons. The van der Waals surface area contributed by atoms with Crippen LogP contribution in [0.25, 0.3) is 0 Å². The van der Waals surface area contributed by atoms with Crippen LogP contribution in [0.1, 0.15) is 87.0 Å². The van der Waals surface area contributed by atoms with Gasteiger partial charge in [0.15, 0.2) is 0 Å². The Kier molecular flexibility index (Phi) is 10.6. The number of rotatable bonds is 10. The van der Waals surface area contributed by atoms with E-state index >= 15 is 0 Å². The van der Waals surface area contributed by atoms with E-state index in [9.17, 15) is 4.79 Å². The molecule has 1 fully saturated rings. The second-order valence-electron chi connectivity index (χ2n) is 13.3. The SMILES string of the molecule is C=CC[C@@H]1C[C@@H](C)C[C@@H](CCCCO[Si](c2ccccc2)(c2ccccc2)C(C)(C)C)N1C(=O)OC(C)(C)C. The Balaban J connectivity index is 1.75. The van der Waals surface area contributed by atoms with E-state index in [2.05, 4.69) is 94.9 Å². The van der Waals surface area contributed by atoms with Crippen molar-refractivity contribution in [1.82, 2.24) is 4.90 Å². The molecule has 5 heteroatoms. The summed E-state index contributed by atoms with van der Waals surface area (Å²) in [4.78, 5) is 15.3. The summed E-state index contributed by atoms with van der Waals surface area (Å²) in [6.45, 7) is 19.8. The summed E-state index contributed by atoms with van der Waals surface area (Å²) in [5.74, 6) is 0.576. The first-order valence-corrected chi connectivity index (χ1v) is 16.7. The molecule has 1 heterocycles. The van der Waals surface area contributed by atoms with Crippen LogP contribution in [0.5, 0.6) is 0 Å². The molecule has 0 saturated carbocycles. The molecule has 1 aliphatic heterocycles. The van der Waals surface area contributed by atoms with Gasteiger partial charge in [0, 0.05) is 18.7 Å². The maximum Gasteiger partial charge on any atom is 0.410 e. The number of piperidine rings is 1. The molecular formula is C34H51NO3Si. The number of likely N-dealkylation sites (tertiary alicyclic amines) is 1. The molecule has 3 rings (SSSR count). The van der Waals surface area contributed by atoms with E-state index in [1.165, 1.54) is 10.4 Å². The molecule has 0 unspecified atom stereocenters. The van der Waals surface area contributed by atoms with E-state index in [0.717, 1.165) is 38.5 Å². The molecule has 1 saturated heterocycles. The maximum atomic E-state index is 13.3. The van der Waals surface area contributed by atoms with Gasteiger partial charge in [-0.3, -0.25) is 0 Å². The lowest BCUT2D eigenvalue weighted by molar-refractivity contribution is -0.0136. The Morgan fingerprint density at radius 1 is 0.923 bits per heavy atom. The number of nitrogens with zero attached hydrogens (tertiary/aromatic N) is 1. The topological polar surface area (TPSA) is 38.8 Å². The van der Waals surface area contributed by atoms with Crippen molar-refractivity contribution in [2.24, 2.45) is 5.92 Å². The lowest BCUT2D eigenvalue weighted by Crippen LogP contribution is -2.66. The fourth-order valence-corrected chi connectivity index (χ4v) is 10.9. The first kappa shape index (κ1) is 31.2. The highest BCUT2D eigenvalue weighted by Crippen LogP contribution is 2.37. The summed E-state index contributed by atoms with van der Waals surface area (Å²) in [6.07, 6.45) is 7.50. The maximum absolute atomic E-state index is 13.3. The summed E-state index contributed by atoms with van der Waals surface area (Å²) in [5.41, 5.74) is -0.507. The smallest absolute Gasteiger partial charge is 0.410 e. The number of ether oxygens (including phenoxy) is 1. The van der Waals surface area contributed by atoms with Crippen molar-refractivity contribution in [3.05, 3.63) is 73.3 Å². The first-order valence-electron chi connectivity index (χ1n) is 14.8. The van der Waals surface area contributed by atoms with Gasteiger partial charge in [0.25, 0.3) is 8.32 Å². The highest BCUT2D eigenvalue weighted by atomic mass is 28.4. The average Bonchev–Trinajstić information content (AvgIpc) is 2.85. The van der Waals surface area contributed by atoms with Crippen molar-refractivity contribution in [2.75, 3.05) is 6.61 Å². The predicted molar refractivity (Wildman–Crippen MR) is 166 cm³/mol. The van der Waals surface area contributed by atoms with Gasteiger partial charge in [0.1, 0.15) is 5.60 Å². The molecule has 4 nitrogen and oxygen atoms in total. The zero-order valence-electron chi connectivity index (χ0n) is 25.4. The van der Waals surface area contributed by atoms with Crippen molar-refractivity contribution in [2.45, 2.75) is 110 Å². The van der Waals surface area contributed by atoms with Crippen molar-refractivity contribution >= 4 is 24.8 Å². The third-order valence-electron chi connectivity index (χ3n) is 7.85. The lowest BCUT2D eigenvalue weighted by Gasteiger charge is -2.45. The number of carbonyl (C=O) groups is 1.